The molecule has 1 aliphatic rings. The molecule has 24 heavy (non-hydrogen) atoms. The molecule has 3 rings (SSSR count). The smallest absolute Gasteiger partial charge is 0.344 e. The highest BCUT2D eigenvalue weighted by atomic mass is 19.1. The monoisotopic (exact) mass is 331 g/mol. The molecule has 0 fully saturated rings. The van der Waals surface area contributed by atoms with Crippen LogP contribution in [0.1, 0.15) is 22.8 Å². The summed E-state index contributed by atoms with van der Waals surface area (Å²) >= 11 is 0. The zero-order valence-electron chi connectivity index (χ0n) is 13.0. The van der Waals surface area contributed by atoms with E-state index in [9.17, 15) is 18.4 Å². The van der Waals surface area contributed by atoms with E-state index in [-0.39, 0.29) is 0 Å². The third-order valence-electron chi connectivity index (χ3n) is 3.95. The van der Waals surface area contributed by atoms with Gasteiger partial charge in [0.25, 0.3) is 5.91 Å². The fourth-order valence-electron chi connectivity index (χ4n) is 2.75. The minimum absolute atomic E-state index is 0.426. The number of anilines is 1. The third kappa shape index (κ3) is 2.87. The summed E-state index contributed by atoms with van der Waals surface area (Å²) in [4.78, 5) is 26.0. The van der Waals surface area contributed by atoms with Crippen LogP contribution in [0.25, 0.3) is 0 Å². The second kappa shape index (κ2) is 6.39. The lowest BCUT2D eigenvalue weighted by Gasteiger charge is -2.21. The predicted molar refractivity (Wildman–Crippen MR) is 83.7 cm³/mol. The Morgan fingerprint density at radius 1 is 1.08 bits per heavy atom. The van der Waals surface area contributed by atoms with Crippen molar-refractivity contribution in [1.29, 1.82) is 0 Å². The van der Waals surface area contributed by atoms with Crippen molar-refractivity contribution in [1.82, 2.24) is 0 Å². The molecule has 0 radical (unpaired) electrons. The minimum atomic E-state index is -1.20. The second-order valence-corrected chi connectivity index (χ2v) is 5.51. The molecular weight excluding hydrogens is 316 g/mol. The van der Waals surface area contributed by atoms with E-state index < -0.39 is 35.2 Å². The number of ether oxygens (including phenoxy) is 1. The zero-order chi connectivity index (χ0) is 17.3. The molecule has 1 heterocycles. The summed E-state index contributed by atoms with van der Waals surface area (Å²) in [5.41, 5.74) is 1.01. The lowest BCUT2D eigenvalue weighted by molar-refractivity contribution is -0.126. The average Bonchev–Trinajstić information content (AvgIpc) is 2.97. The summed E-state index contributed by atoms with van der Waals surface area (Å²) < 4.78 is 32.2. The highest BCUT2D eigenvalue weighted by Crippen LogP contribution is 2.28. The Hall–Kier alpha value is -2.76. The number of nitrogens with zero attached hydrogens (tertiary/aromatic N) is 1. The number of carbonyl (C=O) groups is 2. The second-order valence-electron chi connectivity index (χ2n) is 5.51. The molecule has 0 bridgehead atoms. The normalized spacial score (nSPS) is 14.2. The molecule has 1 atom stereocenters. The molecule has 0 unspecified atom stereocenters. The number of carbonyl (C=O) groups excluding carboxylic acids is 2. The van der Waals surface area contributed by atoms with E-state index in [0.717, 1.165) is 29.4 Å². The quantitative estimate of drug-likeness (QED) is 0.812. The van der Waals surface area contributed by atoms with Gasteiger partial charge in [0.1, 0.15) is 17.2 Å². The van der Waals surface area contributed by atoms with Crippen molar-refractivity contribution in [2.24, 2.45) is 0 Å². The fraction of sp³-hybridized carbons (Fsp3) is 0.222. The molecule has 4 nitrogen and oxygen atoms in total. The van der Waals surface area contributed by atoms with Gasteiger partial charge in [0.2, 0.25) is 0 Å². The highest BCUT2D eigenvalue weighted by Gasteiger charge is 2.31. The molecule has 2 aromatic rings. The summed E-state index contributed by atoms with van der Waals surface area (Å²) in [5.74, 6) is -3.67. The van der Waals surface area contributed by atoms with Gasteiger partial charge in [-0.25, -0.2) is 13.6 Å². The van der Waals surface area contributed by atoms with Gasteiger partial charge < -0.3 is 9.64 Å². The maximum absolute atomic E-state index is 13.6. The summed E-state index contributed by atoms with van der Waals surface area (Å²) in [6.45, 7) is 1.87. The van der Waals surface area contributed by atoms with Crippen molar-refractivity contribution in [3.63, 3.8) is 0 Å². The maximum Gasteiger partial charge on any atom is 0.344 e. The van der Waals surface area contributed by atoms with E-state index in [0.29, 0.717) is 13.0 Å². The number of esters is 1. The summed E-state index contributed by atoms with van der Waals surface area (Å²) in [6, 6.07) is 10.5. The molecule has 124 valence electrons. The molecule has 1 amide bonds. The van der Waals surface area contributed by atoms with Gasteiger partial charge in [0.05, 0.1) is 0 Å². The van der Waals surface area contributed by atoms with Crippen LogP contribution in [-0.2, 0) is 16.0 Å². The van der Waals surface area contributed by atoms with Gasteiger partial charge in [0, 0.05) is 12.2 Å². The van der Waals surface area contributed by atoms with E-state index in [1.54, 1.807) is 0 Å². The lowest BCUT2D eigenvalue weighted by atomic mass is 10.2. The van der Waals surface area contributed by atoms with Crippen molar-refractivity contribution in [2.45, 2.75) is 19.4 Å². The van der Waals surface area contributed by atoms with Gasteiger partial charge >= 0.3 is 5.97 Å². The lowest BCUT2D eigenvalue weighted by Crippen LogP contribution is -2.39. The van der Waals surface area contributed by atoms with Crippen LogP contribution in [0.15, 0.2) is 42.5 Å². The highest BCUT2D eigenvalue weighted by molar-refractivity contribution is 6.00. The topological polar surface area (TPSA) is 46.6 Å². The molecular formula is C18H15F2NO3. The van der Waals surface area contributed by atoms with Crippen LogP contribution in [0.3, 0.4) is 0 Å². The first kappa shape index (κ1) is 16.1. The molecule has 0 spiro atoms. The molecule has 6 heteroatoms. The maximum atomic E-state index is 13.6. The van der Waals surface area contributed by atoms with Crippen molar-refractivity contribution in [3.05, 3.63) is 65.2 Å². The average molecular weight is 331 g/mol. The van der Waals surface area contributed by atoms with Crippen LogP contribution in [0, 0.1) is 11.6 Å². The van der Waals surface area contributed by atoms with E-state index in [4.69, 9.17) is 4.74 Å². The predicted octanol–water partition coefficient (Wildman–Crippen LogP) is 3.10. The van der Waals surface area contributed by atoms with Gasteiger partial charge in [-0.2, -0.15) is 0 Å². The number of amides is 1. The number of hydrogen-bond acceptors (Lipinski definition) is 3. The van der Waals surface area contributed by atoms with Crippen molar-refractivity contribution in [2.75, 3.05) is 11.4 Å². The molecule has 0 saturated carbocycles. The Morgan fingerprint density at radius 3 is 2.46 bits per heavy atom. The van der Waals surface area contributed by atoms with Crippen LogP contribution in [0.5, 0.6) is 0 Å². The zero-order valence-corrected chi connectivity index (χ0v) is 13.0. The van der Waals surface area contributed by atoms with Crippen LogP contribution >= 0.6 is 0 Å². The van der Waals surface area contributed by atoms with Gasteiger partial charge in [-0.15, -0.1) is 0 Å². The minimum Gasteiger partial charge on any atom is -0.449 e. The molecule has 0 N–H and O–H groups in total. The number of fused-ring (bicyclic) bond motifs is 1. The number of halogens is 2. The van der Waals surface area contributed by atoms with Crippen molar-refractivity contribution < 1.29 is 23.1 Å². The summed E-state index contributed by atoms with van der Waals surface area (Å²) in [5, 5.41) is 0. The first-order valence-corrected chi connectivity index (χ1v) is 7.53. The van der Waals surface area contributed by atoms with Crippen LogP contribution in [0.2, 0.25) is 0 Å². The van der Waals surface area contributed by atoms with Gasteiger partial charge in [-0.1, -0.05) is 24.3 Å². The van der Waals surface area contributed by atoms with E-state index in [1.165, 1.54) is 11.8 Å². The largest absolute Gasteiger partial charge is 0.449 e. The van der Waals surface area contributed by atoms with Crippen LogP contribution < -0.4 is 4.90 Å². The van der Waals surface area contributed by atoms with Gasteiger partial charge in [-0.3, -0.25) is 4.79 Å². The van der Waals surface area contributed by atoms with E-state index >= 15 is 0 Å². The van der Waals surface area contributed by atoms with Crippen molar-refractivity contribution in [3.8, 4) is 0 Å². The van der Waals surface area contributed by atoms with Gasteiger partial charge in [-0.05, 0) is 37.1 Å². The first-order chi connectivity index (χ1) is 11.5. The fourth-order valence-corrected chi connectivity index (χ4v) is 2.75. The Bertz CT molecular complexity index is 786. The van der Waals surface area contributed by atoms with E-state index in [2.05, 4.69) is 0 Å². The molecule has 2 aromatic carbocycles. The molecule has 0 saturated heterocycles. The number of para-hydroxylation sites is 1. The Morgan fingerprint density at radius 2 is 1.75 bits per heavy atom. The standard InChI is InChI=1S/C18H15F2NO3/c1-11(24-18(23)16-13(19)6-4-7-14(16)20)17(22)21-10-9-12-5-2-3-8-15(12)21/h2-8,11H,9-10H2,1H3/t11-/m0/s1. The Labute approximate surface area is 137 Å². The molecule has 0 aromatic heterocycles. The van der Waals surface area contributed by atoms with E-state index in [1.807, 2.05) is 24.3 Å². The number of hydrogen-bond donors (Lipinski definition) is 0. The first-order valence-electron chi connectivity index (χ1n) is 7.53. The third-order valence-corrected chi connectivity index (χ3v) is 3.95. The molecule has 0 aliphatic carbocycles. The summed E-state index contributed by atoms with van der Waals surface area (Å²) in [6.07, 6.45) is -0.437. The van der Waals surface area contributed by atoms with Crippen molar-refractivity contribution >= 4 is 17.6 Å². The van der Waals surface area contributed by atoms with Crippen LogP contribution in [-0.4, -0.2) is 24.5 Å². The van der Waals surface area contributed by atoms with Crippen LogP contribution in [0.4, 0.5) is 14.5 Å². The summed E-state index contributed by atoms with van der Waals surface area (Å²) in [7, 11) is 0. The Balaban J connectivity index is 1.75. The number of rotatable bonds is 3. The van der Waals surface area contributed by atoms with Gasteiger partial charge in [0.15, 0.2) is 6.10 Å². The number of benzene rings is 2. The molecule has 1 aliphatic heterocycles. The Kier molecular flexibility index (Phi) is 4.29. The SMILES string of the molecule is C[C@H](OC(=O)c1c(F)cccc1F)C(=O)N1CCc2ccccc21.